The van der Waals surface area contributed by atoms with E-state index in [2.05, 4.69) is 212 Å². The minimum atomic E-state index is 0.964. The molecule has 0 saturated heterocycles. The van der Waals surface area contributed by atoms with E-state index < -0.39 is 0 Å². The molecule has 252 valence electrons. The molecular weight excluding hydrogens is 651 g/mol. The van der Waals surface area contributed by atoms with Crippen LogP contribution in [0.4, 0.5) is 0 Å². The van der Waals surface area contributed by atoms with Crippen LogP contribution in [0.25, 0.3) is 99.3 Å². The van der Waals surface area contributed by atoms with E-state index in [0.29, 0.717) is 0 Å². The predicted molar refractivity (Wildman–Crippen MR) is 229 cm³/mol. The number of hydrogen-bond acceptors (Lipinski definition) is 1. The van der Waals surface area contributed by atoms with Gasteiger partial charge < -0.3 is 0 Å². The van der Waals surface area contributed by atoms with Gasteiger partial charge in [-0.25, -0.2) is 4.98 Å². The Balaban J connectivity index is 1.18. The maximum absolute atomic E-state index is 5.13. The third kappa shape index (κ3) is 5.83. The summed E-state index contributed by atoms with van der Waals surface area (Å²) in [5.74, 6) is 0. The van der Waals surface area contributed by atoms with Gasteiger partial charge in [0.25, 0.3) is 0 Å². The second-order valence-corrected chi connectivity index (χ2v) is 14.0. The molecule has 0 saturated carbocycles. The third-order valence-electron chi connectivity index (χ3n) is 10.6. The Hall–Kier alpha value is -7.09. The summed E-state index contributed by atoms with van der Waals surface area (Å²) in [6.45, 7) is 0. The van der Waals surface area contributed by atoms with Crippen molar-refractivity contribution >= 4 is 32.3 Å². The van der Waals surface area contributed by atoms with Crippen molar-refractivity contribution in [1.29, 1.82) is 0 Å². The highest BCUT2D eigenvalue weighted by molar-refractivity contribution is 6.15. The number of hydrogen-bond donors (Lipinski definition) is 0. The van der Waals surface area contributed by atoms with E-state index >= 15 is 0 Å². The van der Waals surface area contributed by atoms with E-state index in [1.807, 2.05) is 0 Å². The van der Waals surface area contributed by atoms with Crippen LogP contribution >= 0.6 is 0 Å². The van der Waals surface area contributed by atoms with Gasteiger partial charge >= 0.3 is 0 Å². The van der Waals surface area contributed by atoms with Crippen molar-refractivity contribution in [2.24, 2.45) is 0 Å². The molecule has 1 aromatic heterocycles. The summed E-state index contributed by atoms with van der Waals surface area (Å²) >= 11 is 0. The van der Waals surface area contributed by atoms with Crippen molar-refractivity contribution in [3.05, 3.63) is 212 Å². The molecule has 54 heavy (non-hydrogen) atoms. The maximum atomic E-state index is 5.13. The summed E-state index contributed by atoms with van der Waals surface area (Å²) in [6.07, 6.45) is 0. The van der Waals surface area contributed by atoms with Crippen LogP contribution in [0, 0.1) is 0 Å². The Morgan fingerprint density at radius 3 is 1.24 bits per heavy atom. The first kappa shape index (κ1) is 31.6. The van der Waals surface area contributed by atoms with Gasteiger partial charge in [-0.05, 0) is 119 Å². The first-order valence-corrected chi connectivity index (χ1v) is 18.5. The number of rotatable bonds is 6. The fourth-order valence-electron chi connectivity index (χ4n) is 7.91. The van der Waals surface area contributed by atoms with Crippen LogP contribution in [0.5, 0.6) is 0 Å². The quantitative estimate of drug-likeness (QED) is 0.159. The Kier molecular flexibility index (Phi) is 7.89. The van der Waals surface area contributed by atoms with Gasteiger partial charge in [-0.2, -0.15) is 0 Å². The average Bonchev–Trinajstić information content (AvgIpc) is 3.26. The fourth-order valence-corrected chi connectivity index (χ4v) is 7.91. The van der Waals surface area contributed by atoms with Gasteiger partial charge in [-0.1, -0.05) is 170 Å². The van der Waals surface area contributed by atoms with Gasteiger partial charge in [-0.15, -0.1) is 0 Å². The van der Waals surface area contributed by atoms with Crippen LogP contribution in [0.3, 0.4) is 0 Å². The van der Waals surface area contributed by atoms with Gasteiger partial charge in [0.15, 0.2) is 0 Å². The molecule has 0 bridgehead atoms. The van der Waals surface area contributed by atoms with Crippen LogP contribution in [-0.2, 0) is 0 Å². The van der Waals surface area contributed by atoms with Gasteiger partial charge in [0.2, 0.25) is 0 Å². The number of pyridine rings is 1. The Morgan fingerprint density at radius 1 is 0.222 bits per heavy atom. The van der Waals surface area contributed by atoms with E-state index in [1.54, 1.807) is 0 Å². The maximum Gasteiger partial charge on any atom is 0.0715 e. The zero-order valence-corrected chi connectivity index (χ0v) is 29.7. The topological polar surface area (TPSA) is 12.9 Å². The second-order valence-electron chi connectivity index (χ2n) is 14.0. The fraction of sp³-hybridized carbons (Fsp3) is 0. The van der Waals surface area contributed by atoms with Crippen LogP contribution in [0.1, 0.15) is 0 Å². The van der Waals surface area contributed by atoms with E-state index in [9.17, 15) is 0 Å². The zero-order chi connectivity index (χ0) is 35.8. The molecule has 0 atom stereocenters. The Labute approximate surface area is 315 Å². The molecule has 0 fully saturated rings. The second kappa shape index (κ2) is 13.5. The lowest BCUT2D eigenvalue weighted by atomic mass is 9.87. The monoisotopic (exact) mass is 685 g/mol. The zero-order valence-electron chi connectivity index (χ0n) is 29.7. The SMILES string of the molecule is c1ccc(-c2cc(-c3ccc4c(c3)cc(-c3ccccc3)c3cc(-c5cc6ccccc6cc5-c5ccccc5)ccc34)cc(-c3ccccc3)n2)cc1. The van der Waals surface area contributed by atoms with Crippen molar-refractivity contribution < 1.29 is 0 Å². The number of benzene rings is 9. The van der Waals surface area contributed by atoms with Crippen molar-refractivity contribution in [2.75, 3.05) is 0 Å². The summed E-state index contributed by atoms with van der Waals surface area (Å²) in [4.78, 5) is 5.13. The van der Waals surface area contributed by atoms with Gasteiger partial charge in [0.1, 0.15) is 0 Å². The molecule has 0 aliphatic carbocycles. The highest BCUT2D eigenvalue weighted by Crippen LogP contribution is 2.42. The first-order valence-electron chi connectivity index (χ1n) is 18.5. The molecule has 1 heterocycles. The normalized spacial score (nSPS) is 11.3. The van der Waals surface area contributed by atoms with Crippen molar-refractivity contribution in [2.45, 2.75) is 0 Å². The lowest BCUT2D eigenvalue weighted by Crippen LogP contribution is -1.92. The highest BCUT2D eigenvalue weighted by atomic mass is 14.7. The Bertz CT molecular complexity index is 2890. The third-order valence-corrected chi connectivity index (χ3v) is 10.6. The molecule has 0 aliphatic rings. The molecular formula is C53H35N. The lowest BCUT2D eigenvalue weighted by molar-refractivity contribution is 1.32. The van der Waals surface area contributed by atoms with Crippen LogP contribution in [-0.4, -0.2) is 4.98 Å². The number of aromatic nitrogens is 1. The molecule has 1 heteroatoms. The van der Waals surface area contributed by atoms with E-state index in [1.165, 1.54) is 65.7 Å². The molecule has 10 aromatic rings. The molecule has 10 rings (SSSR count). The minimum Gasteiger partial charge on any atom is -0.248 e. The average molecular weight is 686 g/mol. The molecule has 0 unspecified atom stereocenters. The summed E-state index contributed by atoms with van der Waals surface area (Å²) in [6, 6.07) is 76.7. The molecule has 0 aliphatic heterocycles. The van der Waals surface area contributed by atoms with Crippen LogP contribution in [0.2, 0.25) is 0 Å². The van der Waals surface area contributed by atoms with Crippen molar-refractivity contribution in [3.63, 3.8) is 0 Å². The Morgan fingerprint density at radius 2 is 0.667 bits per heavy atom. The molecule has 0 spiro atoms. The summed E-state index contributed by atoms with van der Waals surface area (Å²) in [5.41, 5.74) is 13.8. The summed E-state index contributed by atoms with van der Waals surface area (Å²) in [5, 5.41) is 7.42. The van der Waals surface area contributed by atoms with Gasteiger partial charge in [0, 0.05) is 11.1 Å². The summed E-state index contributed by atoms with van der Waals surface area (Å²) in [7, 11) is 0. The molecule has 0 N–H and O–H groups in total. The van der Waals surface area contributed by atoms with Gasteiger partial charge in [0.05, 0.1) is 11.4 Å². The van der Waals surface area contributed by atoms with Crippen molar-refractivity contribution in [1.82, 2.24) is 4.98 Å². The molecule has 1 nitrogen and oxygen atoms in total. The number of nitrogens with zero attached hydrogens (tertiary/aromatic N) is 1. The van der Waals surface area contributed by atoms with Crippen molar-refractivity contribution in [3.8, 4) is 67.0 Å². The molecule has 9 aromatic carbocycles. The highest BCUT2D eigenvalue weighted by Gasteiger charge is 2.16. The predicted octanol–water partition coefficient (Wildman–Crippen LogP) is 14.5. The van der Waals surface area contributed by atoms with E-state index in [0.717, 1.165) is 33.6 Å². The van der Waals surface area contributed by atoms with E-state index in [-0.39, 0.29) is 0 Å². The minimum absolute atomic E-state index is 0.964. The number of fused-ring (bicyclic) bond motifs is 4. The standard InChI is InChI=1S/C53H35N/c1-5-15-36(16-6-1)48-30-40-23-13-14-24-41(40)31-50(48)43-26-28-47-46-27-25-42(29-45(46)33-49(51(47)32-43)37-17-7-2-8-18-37)44-34-52(38-19-9-3-10-20-38)54-53(35-44)39-21-11-4-12-22-39/h1-35H. The van der Waals surface area contributed by atoms with Crippen LogP contribution in [0.15, 0.2) is 212 Å². The van der Waals surface area contributed by atoms with Gasteiger partial charge in [-0.3, -0.25) is 0 Å². The molecule has 0 radical (unpaired) electrons. The van der Waals surface area contributed by atoms with E-state index in [4.69, 9.17) is 4.98 Å². The summed E-state index contributed by atoms with van der Waals surface area (Å²) < 4.78 is 0. The van der Waals surface area contributed by atoms with Crippen LogP contribution < -0.4 is 0 Å². The largest absolute Gasteiger partial charge is 0.248 e. The molecule has 0 amide bonds. The lowest BCUT2D eigenvalue weighted by Gasteiger charge is -2.17. The smallest absolute Gasteiger partial charge is 0.0715 e. The first-order chi connectivity index (χ1) is 26.7.